The Labute approximate surface area is 168 Å². The van der Waals surface area contributed by atoms with Crippen molar-refractivity contribution in [3.05, 3.63) is 59.4 Å². The average Bonchev–Trinajstić information content (AvgIpc) is 3.02. The maximum Gasteiger partial charge on any atom is 1.00 e. The Balaban J connectivity index is 0.00000225. The summed E-state index contributed by atoms with van der Waals surface area (Å²) in [6.07, 6.45) is 4.74. The zero-order chi connectivity index (χ0) is 16.9. The molecule has 6 nitrogen and oxygen atoms in total. The van der Waals surface area contributed by atoms with E-state index < -0.39 is 12.3 Å². The van der Waals surface area contributed by atoms with Gasteiger partial charge in [-0.25, -0.2) is 0 Å². The zero-order valence-corrected chi connectivity index (χ0v) is 16.3. The van der Waals surface area contributed by atoms with Crippen molar-refractivity contribution in [2.45, 2.75) is 19.3 Å². The maximum absolute atomic E-state index is 11.3. The molecule has 25 heavy (non-hydrogen) atoms. The minimum atomic E-state index is -1.22. The molecule has 0 saturated carbocycles. The van der Waals surface area contributed by atoms with Crippen LogP contribution in [-0.2, 0) is 25.7 Å². The Hall–Kier alpha value is -1.60. The first-order valence-corrected chi connectivity index (χ1v) is 7.69. The number of oxime groups is 1. The Bertz CT molecular complexity index is 686. The number of carbonyl (C=O) groups is 1. The van der Waals surface area contributed by atoms with Crippen LogP contribution in [0.5, 0.6) is 0 Å². The summed E-state index contributed by atoms with van der Waals surface area (Å²) < 4.78 is 11.4. The normalized spacial score (nSPS) is 24.6. The van der Waals surface area contributed by atoms with Crippen molar-refractivity contribution in [3.8, 4) is 0 Å². The van der Waals surface area contributed by atoms with Crippen LogP contribution < -0.4 is 34.7 Å². The predicted octanol–water partition coefficient (Wildman–Crippen LogP) is -1.61. The summed E-state index contributed by atoms with van der Waals surface area (Å²) in [4.78, 5) is 16.0. The van der Waals surface area contributed by atoms with Crippen LogP contribution in [-0.4, -0.2) is 25.6 Å². The molecule has 0 radical (unpaired) electrons. The number of aliphatic carboxylic acids is 1. The van der Waals surface area contributed by atoms with Crippen LogP contribution in [0.1, 0.15) is 12.0 Å². The van der Waals surface area contributed by atoms with Gasteiger partial charge >= 0.3 is 29.6 Å². The summed E-state index contributed by atoms with van der Waals surface area (Å²) >= 11 is 0. The molecule has 126 valence electrons. The van der Waals surface area contributed by atoms with Crippen molar-refractivity contribution in [2.75, 3.05) is 7.11 Å². The molecular weight excluding hydrogens is 333 g/mol. The number of rotatable bonds is 6. The number of fused-ring (bicyclic) bond motifs is 1. The topological polar surface area (TPSA) is 80.2 Å². The van der Waals surface area contributed by atoms with Crippen LogP contribution in [0.15, 0.2) is 59.0 Å². The van der Waals surface area contributed by atoms with E-state index in [2.05, 4.69) is 5.16 Å². The Kier molecular flexibility index (Phi) is 7.25. The minimum absolute atomic E-state index is 0. The van der Waals surface area contributed by atoms with E-state index >= 15 is 0 Å². The average molecular weight is 351 g/mol. The van der Waals surface area contributed by atoms with Gasteiger partial charge in [-0.1, -0.05) is 41.6 Å². The summed E-state index contributed by atoms with van der Waals surface area (Å²) in [5.74, 6) is -1.72. The number of hydrogen-bond acceptors (Lipinski definition) is 6. The van der Waals surface area contributed by atoms with Gasteiger partial charge in [0.1, 0.15) is 7.11 Å². The smallest absolute Gasteiger partial charge is 0.545 e. The molecule has 3 rings (SSSR count). The van der Waals surface area contributed by atoms with E-state index in [1.165, 1.54) is 13.4 Å². The van der Waals surface area contributed by atoms with Gasteiger partial charge in [0.25, 0.3) is 0 Å². The molecule has 0 spiro atoms. The number of nitrogens with zero attached hydrogens (tertiary/aromatic N) is 1. The van der Waals surface area contributed by atoms with Crippen LogP contribution >= 0.6 is 0 Å². The molecular formula is C18H18NNaO5. The largest absolute Gasteiger partial charge is 1.00 e. The number of carboxylic acids is 1. The second-order valence-electron chi connectivity index (χ2n) is 5.65. The van der Waals surface area contributed by atoms with Crippen molar-refractivity contribution in [1.82, 2.24) is 0 Å². The molecule has 1 aliphatic heterocycles. The minimum Gasteiger partial charge on any atom is -0.545 e. The number of ether oxygens (including phenoxy) is 2. The fourth-order valence-electron chi connectivity index (χ4n) is 3.11. The second-order valence-corrected chi connectivity index (χ2v) is 5.65. The summed E-state index contributed by atoms with van der Waals surface area (Å²) in [5.41, 5.74) is 2.00. The number of carboxylic acid groups (broad SMARTS) is 1. The van der Waals surface area contributed by atoms with Crippen LogP contribution in [0.25, 0.3) is 0 Å². The van der Waals surface area contributed by atoms with Crippen LogP contribution in [0.3, 0.4) is 0 Å². The third-order valence-electron chi connectivity index (χ3n) is 4.25. The van der Waals surface area contributed by atoms with Crippen molar-refractivity contribution >= 4 is 12.2 Å². The molecule has 1 heterocycles. The van der Waals surface area contributed by atoms with Gasteiger partial charge in [0.15, 0.2) is 0 Å². The van der Waals surface area contributed by atoms with E-state index in [0.29, 0.717) is 13.0 Å². The summed E-state index contributed by atoms with van der Waals surface area (Å²) in [6, 6.07) is 9.72. The monoisotopic (exact) mass is 351 g/mol. The first-order chi connectivity index (χ1) is 11.7. The summed E-state index contributed by atoms with van der Waals surface area (Å²) in [6.45, 7) is 0.373. The summed E-state index contributed by atoms with van der Waals surface area (Å²) in [5, 5.41) is 15.1. The fourth-order valence-corrected chi connectivity index (χ4v) is 3.11. The SMILES string of the molecule is CON=CC1=CC[C@@H]2C(C(=O)[O-])=CO[C@@H](OCc3ccccc3)[C@H]12.[Na+]. The molecule has 1 aromatic rings. The van der Waals surface area contributed by atoms with Crippen molar-refractivity contribution in [3.63, 3.8) is 0 Å². The van der Waals surface area contributed by atoms with Gasteiger partial charge in [-0.3, -0.25) is 0 Å². The molecule has 1 aromatic carbocycles. The van der Waals surface area contributed by atoms with Gasteiger partial charge in [0, 0.05) is 11.5 Å². The van der Waals surface area contributed by atoms with E-state index in [1.54, 1.807) is 6.21 Å². The van der Waals surface area contributed by atoms with E-state index in [0.717, 1.165) is 11.1 Å². The van der Waals surface area contributed by atoms with Crippen LogP contribution in [0, 0.1) is 11.8 Å². The van der Waals surface area contributed by atoms with Gasteiger partial charge in [-0.15, -0.1) is 0 Å². The first kappa shape index (κ1) is 19.7. The van der Waals surface area contributed by atoms with Gasteiger partial charge in [-0.05, 0) is 17.6 Å². The zero-order valence-electron chi connectivity index (χ0n) is 14.3. The molecule has 0 amide bonds. The van der Waals surface area contributed by atoms with Gasteiger partial charge in [-0.2, -0.15) is 0 Å². The molecule has 1 aliphatic carbocycles. The third-order valence-corrected chi connectivity index (χ3v) is 4.25. The van der Waals surface area contributed by atoms with Crippen molar-refractivity contribution in [1.29, 1.82) is 0 Å². The Morgan fingerprint density at radius 1 is 1.40 bits per heavy atom. The molecule has 0 saturated heterocycles. The summed E-state index contributed by atoms with van der Waals surface area (Å²) in [7, 11) is 1.46. The Morgan fingerprint density at radius 3 is 2.84 bits per heavy atom. The maximum atomic E-state index is 11.3. The fraction of sp³-hybridized carbons (Fsp3) is 0.333. The molecule has 3 atom stereocenters. The molecule has 0 N–H and O–H groups in total. The first-order valence-electron chi connectivity index (χ1n) is 7.69. The second kappa shape index (κ2) is 9.20. The number of benzene rings is 1. The van der Waals surface area contributed by atoms with Crippen molar-refractivity contribution in [2.24, 2.45) is 17.0 Å². The van der Waals surface area contributed by atoms with Gasteiger partial charge in [0.2, 0.25) is 6.29 Å². The molecule has 7 heteroatoms. The molecule has 0 bridgehead atoms. The quantitative estimate of drug-likeness (QED) is 0.350. The molecule has 2 aliphatic rings. The molecule has 0 fully saturated rings. The number of hydrogen-bond donors (Lipinski definition) is 0. The van der Waals surface area contributed by atoms with Gasteiger partial charge in [0.05, 0.1) is 31.0 Å². The van der Waals surface area contributed by atoms with Gasteiger partial charge < -0.3 is 24.2 Å². The van der Waals surface area contributed by atoms with Crippen LogP contribution in [0.2, 0.25) is 0 Å². The predicted molar refractivity (Wildman–Crippen MR) is 84.4 cm³/mol. The molecule has 0 aromatic heterocycles. The number of carbonyl (C=O) groups excluding carboxylic acids is 1. The Morgan fingerprint density at radius 2 is 2.16 bits per heavy atom. The molecule has 0 unspecified atom stereocenters. The van der Waals surface area contributed by atoms with Crippen LogP contribution in [0.4, 0.5) is 0 Å². The third kappa shape index (κ3) is 4.52. The van der Waals surface area contributed by atoms with Crippen molar-refractivity contribution < 1.29 is 53.8 Å². The van der Waals surface area contributed by atoms with E-state index in [9.17, 15) is 9.90 Å². The van der Waals surface area contributed by atoms with E-state index in [1.807, 2.05) is 36.4 Å². The number of allylic oxidation sites excluding steroid dienone is 1. The van der Waals surface area contributed by atoms with E-state index in [4.69, 9.17) is 14.3 Å². The van der Waals surface area contributed by atoms with E-state index in [-0.39, 0.29) is 47.0 Å². The standard InChI is InChI=1S/C18H19NO5.Na/c1-22-19-9-13-7-8-14-15(17(20)21)11-24-18(16(13)14)23-10-12-5-3-2-4-6-12;/h2-7,9,11,14,16,18H,8,10H2,1H3,(H,20,21);/q;+1/p-1/t14-,16-,18-;/m1./s1.